The zero-order chi connectivity index (χ0) is 27.4. The number of hydroxylamine groups is 2. The Labute approximate surface area is 228 Å². The van der Waals surface area contributed by atoms with Crippen LogP contribution >= 0.6 is 0 Å². The molecule has 0 spiro atoms. The molecule has 1 aromatic heterocycles. The van der Waals surface area contributed by atoms with Gasteiger partial charge in [0.05, 0.1) is 12.2 Å². The van der Waals surface area contributed by atoms with Gasteiger partial charge >= 0.3 is 0 Å². The molecule has 2 rings (SSSR count). The first-order chi connectivity index (χ1) is 18.5. The normalized spacial score (nSPS) is 14.0. The monoisotopic (exact) mass is 535 g/mol. The summed E-state index contributed by atoms with van der Waals surface area (Å²) in [5.74, 6) is 0.502. The second kappa shape index (κ2) is 19.6. The Morgan fingerprint density at radius 2 is 1.50 bits per heavy atom. The molecule has 0 unspecified atom stereocenters. The maximum Gasteiger partial charge on any atom is 0.294 e. The molecule has 10 heteroatoms. The molecule has 2 heterocycles. The lowest BCUT2D eigenvalue weighted by molar-refractivity contribution is -0.757. The highest BCUT2D eigenvalue weighted by atomic mass is 16.9. The summed E-state index contributed by atoms with van der Waals surface area (Å²) in [4.78, 5) is 36.1. The lowest BCUT2D eigenvalue weighted by Crippen LogP contribution is -2.46. The molecule has 0 aliphatic carbocycles. The Morgan fingerprint density at radius 3 is 2.00 bits per heavy atom. The Kier molecular flexibility index (Phi) is 16.4. The number of aromatic nitrogens is 1. The molecule has 0 atom stereocenters. The number of anilines is 1. The highest BCUT2D eigenvalue weighted by molar-refractivity contribution is 5.93. The van der Waals surface area contributed by atoms with E-state index in [0.717, 1.165) is 82.1 Å². The van der Waals surface area contributed by atoms with Crippen LogP contribution in [0.1, 0.15) is 107 Å². The van der Waals surface area contributed by atoms with Gasteiger partial charge in [-0.1, -0.05) is 77.6 Å². The summed E-state index contributed by atoms with van der Waals surface area (Å²) >= 11 is 0. The lowest BCUT2D eigenvalue weighted by Gasteiger charge is -2.35. The molecule has 10 nitrogen and oxygen atoms in total. The summed E-state index contributed by atoms with van der Waals surface area (Å²) in [6.45, 7) is 7.86. The molecule has 0 aromatic carbocycles. The van der Waals surface area contributed by atoms with Gasteiger partial charge < -0.3 is 9.74 Å². The van der Waals surface area contributed by atoms with Gasteiger partial charge in [0.1, 0.15) is 5.82 Å². The van der Waals surface area contributed by atoms with Crippen molar-refractivity contribution < 1.29 is 19.9 Å². The highest BCUT2D eigenvalue weighted by Gasteiger charge is 2.19. The molecule has 1 fully saturated rings. The van der Waals surface area contributed by atoms with Gasteiger partial charge in [0.2, 0.25) is 0 Å². The van der Waals surface area contributed by atoms with Crippen LogP contribution in [0.3, 0.4) is 0 Å². The summed E-state index contributed by atoms with van der Waals surface area (Å²) in [5, 5.41) is 20.4. The third-order valence-electron chi connectivity index (χ3n) is 7.18. The molecule has 0 saturated carbocycles. The summed E-state index contributed by atoms with van der Waals surface area (Å²) in [6.07, 6.45) is 17.1. The molecule has 216 valence electrons. The molecule has 1 aliphatic rings. The quantitative estimate of drug-likeness (QED) is 0.0920. The van der Waals surface area contributed by atoms with E-state index < -0.39 is 5.09 Å². The molecule has 1 aromatic rings. The third kappa shape index (κ3) is 13.4. The number of carbonyl (C=O) groups is 1. The SMILES string of the molecule is CCCN1CCN(c2ccc(C(=O)N(O)CCCCCCCCCCCCCCCO[N+](=O)[O-])cn2)CC1. The fourth-order valence-electron chi connectivity index (χ4n) is 4.91. The molecule has 1 amide bonds. The molecular weight excluding hydrogens is 486 g/mol. The van der Waals surface area contributed by atoms with E-state index in [1.165, 1.54) is 51.4 Å². The van der Waals surface area contributed by atoms with E-state index >= 15 is 0 Å². The van der Waals surface area contributed by atoms with Crippen molar-refractivity contribution in [1.29, 1.82) is 0 Å². The Morgan fingerprint density at radius 1 is 0.947 bits per heavy atom. The first-order valence-corrected chi connectivity index (χ1v) is 14.7. The van der Waals surface area contributed by atoms with Gasteiger partial charge in [-0.3, -0.25) is 14.9 Å². The maximum absolute atomic E-state index is 12.5. The Bertz CT molecular complexity index is 771. The summed E-state index contributed by atoms with van der Waals surface area (Å²) in [5.41, 5.74) is 0.421. The lowest BCUT2D eigenvalue weighted by atomic mass is 10.0. The number of nitrogens with zero attached hydrogens (tertiary/aromatic N) is 5. The van der Waals surface area contributed by atoms with Gasteiger partial charge in [-0.25, -0.2) is 10.0 Å². The number of unbranched alkanes of at least 4 members (excludes halogenated alkanes) is 12. The molecule has 0 bridgehead atoms. The minimum atomic E-state index is -0.725. The van der Waals surface area contributed by atoms with Crippen molar-refractivity contribution in [3.63, 3.8) is 0 Å². The van der Waals surface area contributed by atoms with Crippen LogP contribution in [-0.2, 0) is 4.84 Å². The first kappa shape index (κ1) is 31.8. The number of hydrogen-bond donors (Lipinski definition) is 1. The second-order valence-electron chi connectivity index (χ2n) is 10.3. The average molecular weight is 536 g/mol. The van der Waals surface area contributed by atoms with Gasteiger partial charge in [-0.2, -0.15) is 0 Å². The van der Waals surface area contributed by atoms with Crippen LogP contribution in [0.15, 0.2) is 18.3 Å². The number of piperazine rings is 1. The molecular formula is C28H49N5O5. The van der Waals surface area contributed by atoms with Crippen LogP contribution in [0.2, 0.25) is 0 Å². The van der Waals surface area contributed by atoms with Crippen molar-refractivity contribution in [3.8, 4) is 0 Å². The van der Waals surface area contributed by atoms with Crippen LogP contribution in [-0.4, -0.2) is 77.0 Å². The summed E-state index contributed by atoms with van der Waals surface area (Å²) in [6, 6.07) is 3.65. The third-order valence-corrected chi connectivity index (χ3v) is 7.18. The zero-order valence-corrected chi connectivity index (χ0v) is 23.4. The van der Waals surface area contributed by atoms with Gasteiger partial charge in [0.25, 0.3) is 11.0 Å². The zero-order valence-electron chi connectivity index (χ0n) is 23.4. The van der Waals surface area contributed by atoms with E-state index in [1.54, 1.807) is 12.3 Å². The Hall–Kier alpha value is -2.46. The van der Waals surface area contributed by atoms with Crippen LogP contribution in [0, 0.1) is 10.1 Å². The van der Waals surface area contributed by atoms with Crippen LogP contribution in [0.5, 0.6) is 0 Å². The smallest absolute Gasteiger partial charge is 0.294 e. The summed E-state index contributed by atoms with van der Waals surface area (Å²) in [7, 11) is 0. The van der Waals surface area contributed by atoms with Gasteiger partial charge in [-0.05, 0) is 37.9 Å². The van der Waals surface area contributed by atoms with E-state index in [0.29, 0.717) is 12.1 Å². The number of amides is 1. The van der Waals surface area contributed by atoms with Gasteiger partial charge in [0, 0.05) is 38.9 Å². The summed E-state index contributed by atoms with van der Waals surface area (Å²) < 4.78 is 0. The molecule has 1 saturated heterocycles. The van der Waals surface area contributed by atoms with Crippen molar-refractivity contribution in [2.24, 2.45) is 0 Å². The van der Waals surface area contributed by atoms with Crippen molar-refractivity contribution in [2.75, 3.05) is 50.8 Å². The topological polar surface area (TPSA) is 112 Å². The number of rotatable bonds is 21. The van der Waals surface area contributed by atoms with Crippen molar-refractivity contribution in [3.05, 3.63) is 34.0 Å². The van der Waals surface area contributed by atoms with Gasteiger partial charge in [-0.15, -0.1) is 10.1 Å². The molecule has 0 radical (unpaired) electrons. The standard InChI is InChI=1S/C28H49N5O5/c1-2-18-30-20-22-31(23-21-30)27-17-16-26(25-29-27)28(34)32(35)19-14-12-10-8-6-4-3-5-7-9-11-13-15-24-38-33(36)37/h16-17,25,35H,2-15,18-24H2,1H3. The number of carbonyl (C=O) groups excluding carboxylic acids is 1. The predicted octanol–water partition coefficient (Wildman–Crippen LogP) is 5.72. The minimum Gasteiger partial charge on any atom is -0.354 e. The predicted molar refractivity (Wildman–Crippen MR) is 149 cm³/mol. The van der Waals surface area contributed by atoms with E-state index in [9.17, 15) is 20.1 Å². The van der Waals surface area contributed by atoms with Gasteiger partial charge in [0.15, 0.2) is 0 Å². The largest absolute Gasteiger partial charge is 0.354 e. The highest BCUT2D eigenvalue weighted by Crippen LogP contribution is 2.16. The van der Waals surface area contributed by atoms with Crippen LogP contribution in [0.4, 0.5) is 5.82 Å². The number of pyridine rings is 1. The molecule has 38 heavy (non-hydrogen) atoms. The van der Waals surface area contributed by atoms with E-state index in [1.807, 2.05) is 6.07 Å². The van der Waals surface area contributed by atoms with Crippen molar-refractivity contribution in [2.45, 2.75) is 96.8 Å². The van der Waals surface area contributed by atoms with E-state index in [-0.39, 0.29) is 12.5 Å². The fourth-order valence-corrected chi connectivity index (χ4v) is 4.91. The maximum atomic E-state index is 12.5. The van der Waals surface area contributed by atoms with E-state index in [2.05, 4.69) is 26.5 Å². The average Bonchev–Trinajstić information content (AvgIpc) is 2.93. The van der Waals surface area contributed by atoms with Crippen LogP contribution in [0.25, 0.3) is 0 Å². The van der Waals surface area contributed by atoms with Crippen LogP contribution < -0.4 is 4.90 Å². The van der Waals surface area contributed by atoms with Crippen molar-refractivity contribution >= 4 is 11.7 Å². The first-order valence-electron chi connectivity index (χ1n) is 14.7. The minimum absolute atomic E-state index is 0.211. The molecule has 1 aliphatic heterocycles. The van der Waals surface area contributed by atoms with E-state index in [4.69, 9.17) is 0 Å². The Balaban J connectivity index is 1.44. The number of hydrogen-bond acceptors (Lipinski definition) is 8. The second-order valence-corrected chi connectivity index (χ2v) is 10.3. The van der Waals surface area contributed by atoms with Crippen molar-refractivity contribution in [1.82, 2.24) is 14.9 Å². The fraction of sp³-hybridized carbons (Fsp3) is 0.786. The molecule has 1 N–H and O–H groups in total.